The first-order valence-electron chi connectivity index (χ1n) is 5.16. The Bertz CT molecular complexity index is 579. The molecule has 1 aromatic heterocycles. The fraction of sp³-hybridized carbons (Fsp3) is 0.300. The van der Waals surface area contributed by atoms with Gasteiger partial charge >= 0.3 is 5.97 Å². The van der Waals surface area contributed by atoms with Crippen LogP contribution in [0.2, 0.25) is 0 Å². The standard InChI is InChI=1S/C10H11N3O6/c1-6(14)11-8(10(16)17)5-12-4-7(13(18)19)2-3-9(12)15/h2-4,8H,5H2,1H3,(H,11,14)(H,16,17). The van der Waals surface area contributed by atoms with Crippen molar-refractivity contribution in [2.45, 2.75) is 19.5 Å². The molecule has 1 aromatic rings. The second-order valence-corrected chi connectivity index (χ2v) is 3.73. The van der Waals surface area contributed by atoms with E-state index in [0.717, 1.165) is 29.8 Å². The van der Waals surface area contributed by atoms with E-state index >= 15 is 0 Å². The summed E-state index contributed by atoms with van der Waals surface area (Å²) in [6, 6.07) is 0.648. The summed E-state index contributed by atoms with van der Waals surface area (Å²) in [5.41, 5.74) is -0.936. The van der Waals surface area contributed by atoms with Gasteiger partial charge in [-0.05, 0) is 0 Å². The number of hydrogen-bond acceptors (Lipinski definition) is 5. The Kier molecular flexibility index (Phi) is 4.35. The van der Waals surface area contributed by atoms with Gasteiger partial charge in [-0.3, -0.25) is 19.7 Å². The minimum absolute atomic E-state index is 0.341. The van der Waals surface area contributed by atoms with Crippen LogP contribution in [0.3, 0.4) is 0 Å². The van der Waals surface area contributed by atoms with Crippen molar-refractivity contribution in [2.24, 2.45) is 0 Å². The van der Waals surface area contributed by atoms with Gasteiger partial charge in [0.25, 0.3) is 11.2 Å². The lowest BCUT2D eigenvalue weighted by atomic mass is 10.2. The first kappa shape index (κ1) is 14.4. The van der Waals surface area contributed by atoms with Gasteiger partial charge in [-0.2, -0.15) is 0 Å². The largest absolute Gasteiger partial charge is 0.480 e. The normalized spacial score (nSPS) is 11.6. The van der Waals surface area contributed by atoms with Crippen molar-refractivity contribution in [3.63, 3.8) is 0 Å². The Balaban J connectivity index is 3.05. The van der Waals surface area contributed by atoms with E-state index in [1.807, 2.05) is 0 Å². The molecule has 1 atom stereocenters. The third kappa shape index (κ3) is 3.91. The van der Waals surface area contributed by atoms with Gasteiger partial charge in [0.1, 0.15) is 6.04 Å². The number of carbonyl (C=O) groups is 2. The summed E-state index contributed by atoms with van der Waals surface area (Å²) in [4.78, 5) is 43.1. The lowest BCUT2D eigenvalue weighted by Gasteiger charge is -2.14. The zero-order chi connectivity index (χ0) is 14.6. The fourth-order valence-electron chi connectivity index (χ4n) is 1.40. The molecule has 1 amide bonds. The van der Waals surface area contributed by atoms with E-state index in [-0.39, 0.29) is 5.69 Å². The number of nitrogens with zero attached hydrogens (tertiary/aromatic N) is 2. The van der Waals surface area contributed by atoms with Crippen LogP contribution in [0, 0.1) is 10.1 Å². The van der Waals surface area contributed by atoms with Crippen molar-refractivity contribution in [3.8, 4) is 0 Å². The number of amides is 1. The van der Waals surface area contributed by atoms with Crippen LogP contribution in [0.25, 0.3) is 0 Å². The lowest BCUT2D eigenvalue weighted by molar-refractivity contribution is -0.385. The van der Waals surface area contributed by atoms with Crippen LogP contribution < -0.4 is 10.9 Å². The van der Waals surface area contributed by atoms with Crippen LogP contribution >= 0.6 is 0 Å². The molecule has 0 fully saturated rings. The summed E-state index contributed by atoms with van der Waals surface area (Å²) in [7, 11) is 0. The van der Waals surface area contributed by atoms with E-state index < -0.39 is 34.9 Å². The average Bonchev–Trinajstić information content (AvgIpc) is 2.29. The third-order valence-corrected chi connectivity index (χ3v) is 2.23. The molecule has 0 aliphatic rings. The topological polar surface area (TPSA) is 132 Å². The van der Waals surface area contributed by atoms with Crippen LogP contribution in [0.15, 0.2) is 23.1 Å². The Labute approximate surface area is 106 Å². The van der Waals surface area contributed by atoms with E-state index in [9.17, 15) is 24.5 Å². The van der Waals surface area contributed by atoms with Crippen molar-refractivity contribution in [1.29, 1.82) is 0 Å². The summed E-state index contributed by atoms with van der Waals surface area (Å²) in [6.45, 7) is 0.738. The van der Waals surface area contributed by atoms with Crippen LogP contribution in [-0.2, 0) is 16.1 Å². The molecule has 19 heavy (non-hydrogen) atoms. The van der Waals surface area contributed by atoms with E-state index in [0.29, 0.717) is 0 Å². The molecule has 2 N–H and O–H groups in total. The fourth-order valence-corrected chi connectivity index (χ4v) is 1.40. The maximum atomic E-state index is 11.5. The summed E-state index contributed by atoms with van der Waals surface area (Å²) in [5.74, 6) is -1.92. The lowest BCUT2D eigenvalue weighted by Crippen LogP contribution is -2.44. The van der Waals surface area contributed by atoms with Crippen molar-refractivity contribution < 1.29 is 19.6 Å². The summed E-state index contributed by atoms with van der Waals surface area (Å²) >= 11 is 0. The number of nitrogens with one attached hydrogen (secondary N) is 1. The number of pyridine rings is 1. The van der Waals surface area contributed by atoms with Gasteiger partial charge in [0.15, 0.2) is 0 Å². The summed E-state index contributed by atoms with van der Waals surface area (Å²) in [5, 5.41) is 21.6. The Morgan fingerprint density at radius 1 is 1.53 bits per heavy atom. The van der Waals surface area contributed by atoms with Gasteiger partial charge in [-0.1, -0.05) is 0 Å². The quantitative estimate of drug-likeness (QED) is 0.539. The SMILES string of the molecule is CC(=O)NC(Cn1cc([N+](=O)[O-])ccc1=O)C(=O)O. The van der Waals surface area contributed by atoms with Crippen LogP contribution in [0.1, 0.15) is 6.92 Å². The molecule has 102 valence electrons. The Hall–Kier alpha value is -2.71. The minimum Gasteiger partial charge on any atom is -0.480 e. The molecule has 1 rings (SSSR count). The van der Waals surface area contributed by atoms with Gasteiger partial charge in [0.05, 0.1) is 17.7 Å². The van der Waals surface area contributed by atoms with Gasteiger partial charge < -0.3 is 15.0 Å². The van der Waals surface area contributed by atoms with Crippen LogP contribution in [-0.4, -0.2) is 32.5 Å². The monoisotopic (exact) mass is 269 g/mol. The maximum absolute atomic E-state index is 11.5. The number of carboxylic acid groups (broad SMARTS) is 1. The first-order valence-corrected chi connectivity index (χ1v) is 5.16. The smallest absolute Gasteiger partial charge is 0.328 e. The molecular formula is C10H11N3O6. The van der Waals surface area contributed by atoms with Gasteiger partial charge in [-0.25, -0.2) is 4.79 Å². The number of carboxylic acids is 1. The highest BCUT2D eigenvalue weighted by Crippen LogP contribution is 2.06. The number of aromatic nitrogens is 1. The zero-order valence-electron chi connectivity index (χ0n) is 9.90. The molecule has 0 aliphatic heterocycles. The van der Waals surface area contributed by atoms with Crippen LogP contribution in [0.4, 0.5) is 5.69 Å². The summed E-state index contributed by atoms with van der Waals surface area (Å²) in [6.07, 6.45) is 0.931. The molecule has 0 aliphatic carbocycles. The average molecular weight is 269 g/mol. The summed E-state index contributed by atoms with van der Waals surface area (Å²) < 4.78 is 0.868. The molecule has 1 unspecified atom stereocenters. The number of hydrogen-bond donors (Lipinski definition) is 2. The van der Waals surface area contributed by atoms with E-state index in [2.05, 4.69) is 5.32 Å². The van der Waals surface area contributed by atoms with E-state index in [1.54, 1.807) is 0 Å². The van der Waals surface area contributed by atoms with Crippen molar-refractivity contribution in [3.05, 3.63) is 38.8 Å². The minimum atomic E-state index is -1.34. The molecular weight excluding hydrogens is 258 g/mol. The highest BCUT2D eigenvalue weighted by Gasteiger charge is 2.20. The van der Waals surface area contributed by atoms with Crippen LogP contribution in [0.5, 0.6) is 0 Å². The van der Waals surface area contributed by atoms with Crippen molar-refractivity contribution in [2.75, 3.05) is 0 Å². The van der Waals surface area contributed by atoms with Gasteiger partial charge in [0.2, 0.25) is 5.91 Å². The number of aliphatic carboxylic acids is 1. The molecule has 1 heterocycles. The van der Waals surface area contributed by atoms with E-state index in [1.165, 1.54) is 0 Å². The molecule has 0 bridgehead atoms. The molecule has 0 saturated heterocycles. The Morgan fingerprint density at radius 3 is 2.63 bits per heavy atom. The molecule has 0 radical (unpaired) electrons. The second kappa shape index (κ2) is 5.76. The predicted molar refractivity (Wildman–Crippen MR) is 62.6 cm³/mol. The molecule has 0 saturated carbocycles. The van der Waals surface area contributed by atoms with Gasteiger partial charge in [-0.15, -0.1) is 0 Å². The number of rotatable bonds is 5. The zero-order valence-corrected chi connectivity index (χ0v) is 9.90. The molecule has 0 aromatic carbocycles. The third-order valence-electron chi connectivity index (χ3n) is 2.23. The first-order chi connectivity index (χ1) is 8.81. The highest BCUT2D eigenvalue weighted by atomic mass is 16.6. The Morgan fingerprint density at radius 2 is 2.16 bits per heavy atom. The van der Waals surface area contributed by atoms with Crippen molar-refractivity contribution >= 4 is 17.6 Å². The highest BCUT2D eigenvalue weighted by molar-refractivity contribution is 5.81. The van der Waals surface area contributed by atoms with Gasteiger partial charge in [0, 0.05) is 19.1 Å². The van der Waals surface area contributed by atoms with E-state index in [4.69, 9.17) is 5.11 Å². The molecule has 0 spiro atoms. The van der Waals surface area contributed by atoms with Crippen molar-refractivity contribution in [1.82, 2.24) is 9.88 Å². The number of carbonyl (C=O) groups excluding carboxylic acids is 1. The number of nitro groups is 1. The maximum Gasteiger partial charge on any atom is 0.328 e. The predicted octanol–water partition coefficient (Wildman–Crippen LogP) is -0.654. The molecule has 9 heteroatoms. The second-order valence-electron chi connectivity index (χ2n) is 3.73. The molecule has 9 nitrogen and oxygen atoms in total.